The van der Waals surface area contributed by atoms with E-state index in [0.717, 1.165) is 27.7 Å². The number of ether oxygens (including phenoxy) is 1. The molecule has 0 atom stereocenters. The Morgan fingerprint density at radius 1 is 1.36 bits per heavy atom. The zero-order valence-corrected chi connectivity index (χ0v) is 14.0. The van der Waals surface area contributed by atoms with Crippen LogP contribution in [0, 0.1) is 18.6 Å². The smallest absolute Gasteiger partial charge is 0.258 e. The Morgan fingerprint density at radius 3 is 2.92 bits per heavy atom. The SMILES string of the molecule is Cc1nc(-c2ccco2)sc1CNC(=O)COc1ccc(F)cc1F. The van der Waals surface area contributed by atoms with Gasteiger partial charge in [0, 0.05) is 10.9 Å². The van der Waals surface area contributed by atoms with Gasteiger partial charge in [0.1, 0.15) is 5.82 Å². The van der Waals surface area contributed by atoms with Gasteiger partial charge in [0.25, 0.3) is 5.91 Å². The molecule has 0 fully saturated rings. The summed E-state index contributed by atoms with van der Waals surface area (Å²) in [5, 5.41) is 3.41. The number of nitrogens with zero attached hydrogens (tertiary/aromatic N) is 1. The second kappa shape index (κ2) is 7.43. The highest BCUT2D eigenvalue weighted by Gasteiger charge is 2.13. The Kier molecular flexibility index (Phi) is 5.08. The molecule has 5 nitrogen and oxygen atoms in total. The number of carbonyl (C=O) groups excluding carboxylic acids is 1. The second-order valence-corrected chi connectivity index (χ2v) is 6.23. The molecule has 3 aromatic rings. The summed E-state index contributed by atoms with van der Waals surface area (Å²) >= 11 is 1.42. The number of hydrogen-bond acceptors (Lipinski definition) is 5. The van der Waals surface area contributed by atoms with Crippen LogP contribution in [-0.4, -0.2) is 17.5 Å². The van der Waals surface area contributed by atoms with Gasteiger partial charge < -0.3 is 14.5 Å². The van der Waals surface area contributed by atoms with Gasteiger partial charge in [-0.1, -0.05) is 0 Å². The van der Waals surface area contributed by atoms with E-state index in [1.54, 1.807) is 12.3 Å². The highest BCUT2D eigenvalue weighted by molar-refractivity contribution is 7.15. The summed E-state index contributed by atoms with van der Waals surface area (Å²) in [4.78, 5) is 17.1. The van der Waals surface area contributed by atoms with Crippen molar-refractivity contribution in [2.75, 3.05) is 6.61 Å². The Balaban J connectivity index is 1.54. The largest absolute Gasteiger partial charge is 0.481 e. The van der Waals surface area contributed by atoms with Gasteiger partial charge in [-0.25, -0.2) is 13.8 Å². The third-order valence-corrected chi connectivity index (χ3v) is 4.50. The summed E-state index contributed by atoms with van der Waals surface area (Å²) < 4.78 is 36.6. The first-order chi connectivity index (χ1) is 12.0. The number of amides is 1. The van der Waals surface area contributed by atoms with Gasteiger partial charge >= 0.3 is 0 Å². The maximum Gasteiger partial charge on any atom is 0.258 e. The number of aromatic nitrogens is 1. The summed E-state index contributed by atoms with van der Waals surface area (Å²) in [7, 11) is 0. The van der Waals surface area contributed by atoms with Crippen LogP contribution in [0.25, 0.3) is 10.8 Å². The number of rotatable bonds is 6. The molecule has 1 amide bonds. The van der Waals surface area contributed by atoms with E-state index in [-0.39, 0.29) is 18.9 Å². The standard InChI is InChI=1S/C17H14F2N2O3S/c1-10-15(25-17(21-10)14-3-2-6-23-14)8-20-16(22)9-24-13-5-4-11(18)7-12(13)19/h2-7H,8-9H2,1H3,(H,20,22). The average Bonchev–Trinajstić information content (AvgIpc) is 3.21. The second-order valence-electron chi connectivity index (χ2n) is 5.15. The van der Waals surface area contributed by atoms with E-state index in [1.807, 2.05) is 13.0 Å². The molecule has 0 spiro atoms. The van der Waals surface area contributed by atoms with E-state index in [2.05, 4.69) is 10.3 Å². The lowest BCUT2D eigenvalue weighted by Crippen LogP contribution is -2.28. The molecule has 0 aliphatic heterocycles. The highest BCUT2D eigenvalue weighted by atomic mass is 32.1. The number of halogens is 2. The number of furan rings is 1. The van der Waals surface area contributed by atoms with E-state index in [0.29, 0.717) is 11.8 Å². The van der Waals surface area contributed by atoms with Crippen molar-refractivity contribution in [1.82, 2.24) is 10.3 Å². The minimum Gasteiger partial charge on any atom is -0.481 e. The lowest BCUT2D eigenvalue weighted by molar-refractivity contribution is -0.123. The van der Waals surface area contributed by atoms with Crippen LogP contribution in [0.2, 0.25) is 0 Å². The Bertz CT molecular complexity index is 878. The van der Waals surface area contributed by atoms with Crippen molar-refractivity contribution in [3.63, 3.8) is 0 Å². The molecular weight excluding hydrogens is 350 g/mol. The summed E-state index contributed by atoms with van der Waals surface area (Å²) in [6, 6.07) is 6.49. The molecule has 130 valence electrons. The molecule has 8 heteroatoms. The van der Waals surface area contributed by atoms with Crippen LogP contribution in [0.4, 0.5) is 8.78 Å². The maximum atomic E-state index is 13.4. The Hall–Kier alpha value is -2.74. The first-order valence-corrected chi connectivity index (χ1v) is 8.19. The van der Waals surface area contributed by atoms with Crippen molar-refractivity contribution >= 4 is 17.2 Å². The van der Waals surface area contributed by atoms with Crippen molar-refractivity contribution < 1.29 is 22.7 Å². The molecule has 0 saturated carbocycles. The molecule has 0 bridgehead atoms. The van der Waals surface area contributed by atoms with Crippen LogP contribution in [0.1, 0.15) is 10.6 Å². The number of carbonyl (C=O) groups is 1. The van der Waals surface area contributed by atoms with Crippen molar-refractivity contribution in [1.29, 1.82) is 0 Å². The van der Waals surface area contributed by atoms with Crippen molar-refractivity contribution in [2.24, 2.45) is 0 Å². The maximum absolute atomic E-state index is 13.4. The lowest BCUT2D eigenvalue weighted by atomic mass is 10.3. The van der Waals surface area contributed by atoms with Gasteiger partial charge in [0.05, 0.1) is 18.5 Å². The van der Waals surface area contributed by atoms with Gasteiger partial charge in [-0.2, -0.15) is 0 Å². The Labute approximate surface area is 146 Å². The molecule has 3 rings (SSSR count). The third kappa shape index (κ3) is 4.21. The monoisotopic (exact) mass is 364 g/mol. The summed E-state index contributed by atoms with van der Waals surface area (Å²) in [6.45, 7) is 1.75. The number of hydrogen-bond donors (Lipinski definition) is 1. The van der Waals surface area contributed by atoms with E-state index < -0.39 is 17.5 Å². The van der Waals surface area contributed by atoms with Gasteiger partial charge in [0.2, 0.25) is 0 Å². The summed E-state index contributed by atoms with van der Waals surface area (Å²) in [5.41, 5.74) is 0.794. The van der Waals surface area contributed by atoms with Crippen LogP contribution in [0.15, 0.2) is 41.0 Å². The molecule has 2 aromatic heterocycles. The zero-order valence-electron chi connectivity index (χ0n) is 13.2. The molecule has 0 unspecified atom stereocenters. The van der Waals surface area contributed by atoms with E-state index in [9.17, 15) is 13.6 Å². The van der Waals surface area contributed by atoms with Crippen molar-refractivity contribution in [2.45, 2.75) is 13.5 Å². The molecule has 0 radical (unpaired) electrons. The molecule has 25 heavy (non-hydrogen) atoms. The van der Waals surface area contributed by atoms with Gasteiger partial charge in [-0.05, 0) is 31.2 Å². The highest BCUT2D eigenvalue weighted by Crippen LogP contribution is 2.28. The van der Waals surface area contributed by atoms with Crippen LogP contribution < -0.4 is 10.1 Å². The number of thiazole rings is 1. The predicted molar refractivity (Wildman–Crippen MR) is 88.3 cm³/mol. The zero-order chi connectivity index (χ0) is 17.8. The van der Waals surface area contributed by atoms with E-state index in [4.69, 9.17) is 9.15 Å². The number of benzene rings is 1. The van der Waals surface area contributed by atoms with Crippen LogP contribution in [0.5, 0.6) is 5.75 Å². The van der Waals surface area contributed by atoms with Gasteiger partial charge in [0.15, 0.2) is 28.9 Å². The molecule has 0 aliphatic rings. The topological polar surface area (TPSA) is 64.4 Å². The fourth-order valence-corrected chi connectivity index (χ4v) is 3.03. The third-order valence-electron chi connectivity index (χ3n) is 3.32. The molecule has 1 N–H and O–H groups in total. The summed E-state index contributed by atoms with van der Waals surface area (Å²) in [5.74, 6) is -1.49. The van der Waals surface area contributed by atoms with Crippen LogP contribution in [-0.2, 0) is 11.3 Å². The van der Waals surface area contributed by atoms with Crippen molar-refractivity contribution in [3.8, 4) is 16.5 Å². The van der Waals surface area contributed by atoms with E-state index in [1.165, 1.54) is 11.3 Å². The summed E-state index contributed by atoms with van der Waals surface area (Å²) in [6.07, 6.45) is 1.57. The molecule has 0 saturated heterocycles. The number of aryl methyl sites for hydroxylation is 1. The first kappa shape index (κ1) is 17.1. The van der Waals surface area contributed by atoms with Crippen molar-refractivity contribution in [3.05, 3.63) is 58.8 Å². The predicted octanol–water partition coefficient (Wildman–Crippen LogP) is 3.68. The Morgan fingerprint density at radius 2 is 2.20 bits per heavy atom. The molecule has 1 aromatic carbocycles. The molecule has 2 heterocycles. The minimum absolute atomic E-state index is 0.175. The average molecular weight is 364 g/mol. The number of nitrogens with one attached hydrogen (secondary N) is 1. The van der Waals surface area contributed by atoms with Crippen LogP contribution in [0.3, 0.4) is 0 Å². The fraction of sp³-hybridized carbons (Fsp3) is 0.176. The van der Waals surface area contributed by atoms with Gasteiger partial charge in [-0.15, -0.1) is 11.3 Å². The molecular formula is C17H14F2N2O3S. The molecule has 0 aliphatic carbocycles. The quantitative estimate of drug-likeness (QED) is 0.725. The first-order valence-electron chi connectivity index (χ1n) is 7.37. The minimum atomic E-state index is -0.853. The van der Waals surface area contributed by atoms with E-state index >= 15 is 0 Å². The lowest BCUT2D eigenvalue weighted by Gasteiger charge is -2.07. The van der Waals surface area contributed by atoms with Crippen LogP contribution >= 0.6 is 11.3 Å². The van der Waals surface area contributed by atoms with Gasteiger partial charge in [-0.3, -0.25) is 4.79 Å². The normalized spacial score (nSPS) is 10.7. The fourth-order valence-electron chi connectivity index (χ4n) is 2.06.